The van der Waals surface area contributed by atoms with Crippen molar-refractivity contribution in [3.63, 3.8) is 0 Å². The van der Waals surface area contributed by atoms with E-state index in [0.29, 0.717) is 5.75 Å². The Morgan fingerprint density at radius 1 is 1.38 bits per heavy atom. The lowest BCUT2D eigenvalue weighted by atomic mass is 10.1. The van der Waals surface area contributed by atoms with Crippen molar-refractivity contribution in [1.29, 1.82) is 0 Å². The van der Waals surface area contributed by atoms with Gasteiger partial charge in [0.15, 0.2) is 0 Å². The van der Waals surface area contributed by atoms with E-state index in [2.05, 4.69) is 4.98 Å². The fourth-order valence-corrected chi connectivity index (χ4v) is 2.02. The van der Waals surface area contributed by atoms with Gasteiger partial charge in [0.1, 0.15) is 11.4 Å². The van der Waals surface area contributed by atoms with Crippen LogP contribution < -0.4 is 4.74 Å². The molecule has 0 amide bonds. The molecule has 1 heterocycles. The first kappa shape index (κ1) is 10.5. The number of aromatic nitrogens is 1. The number of aromatic carboxylic acids is 1. The second-order valence-electron chi connectivity index (χ2n) is 3.76. The summed E-state index contributed by atoms with van der Waals surface area (Å²) in [5.74, 6) is -0.286. The SMILES string of the molecule is COc1ccc(C)c2c(C)c(C(=O)O)[nH]c12. The van der Waals surface area contributed by atoms with Gasteiger partial charge >= 0.3 is 5.97 Å². The number of rotatable bonds is 2. The molecule has 1 aromatic carbocycles. The first-order chi connectivity index (χ1) is 7.56. The summed E-state index contributed by atoms with van der Waals surface area (Å²) < 4.78 is 5.21. The third-order valence-corrected chi connectivity index (χ3v) is 2.81. The highest BCUT2D eigenvalue weighted by molar-refractivity contribution is 6.00. The summed E-state index contributed by atoms with van der Waals surface area (Å²) in [6, 6.07) is 3.76. The Balaban J connectivity index is 2.89. The molecule has 2 aromatic rings. The molecule has 0 saturated carbocycles. The standard InChI is InChI=1S/C12H13NO3/c1-6-4-5-8(16-3)11-9(6)7(2)10(13-11)12(14)15/h4-5,13H,1-3H3,(H,14,15). The number of aromatic amines is 1. The van der Waals surface area contributed by atoms with Gasteiger partial charge in [-0.25, -0.2) is 4.79 Å². The van der Waals surface area contributed by atoms with Crippen LogP contribution in [0.2, 0.25) is 0 Å². The fraction of sp³-hybridized carbons (Fsp3) is 0.250. The summed E-state index contributed by atoms with van der Waals surface area (Å²) in [6.07, 6.45) is 0. The lowest BCUT2D eigenvalue weighted by Gasteiger charge is -2.03. The summed E-state index contributed by atoms with van der Waals surface area (Å²) >= 11 is 0. The zero-order chi connectivity index (χ0) is 11.9. The molecule has 84 valence electrons. The molecule has 0 aliphatic heterocycles. The molecule has 0 aliphatic rings. The Bertz CT molecular complexity index is 569. The predicted octanol–water partition coefficient (Wildman–Crippen LogP) is 2.49. The number of nitrogens with one attached hydrogen (secondary N) is 1. The fourth-order valence-electron chi connectivity index (χ4n) is 2.02. The van der Waals surface area contributed by atoms with Crippen molar-refractivity contribution in [2.24, 2.45) is 0 Å². The minimum absolute atomic E-state index is 0.225. The molecule has 0 bridgehead atoms. The van der Waals surface area contributed by atoms with Gasteiger partial charge in [0.05, 0.1) is 12.6 Å². The van der Waals surface area contributed by atoms with Crippen LogP contribution in [0, 0.1) is 13.8 Å². The number of carboxylic acids is 1. The minimum Gasteiger partial charge on any atom is -0.495 e. The summed E-state index contributed by atoms with van der Waals surface area (Å²) in [5.41, 5.74) is 2.76. The van der Waals surface area contributed by atoms with Gasteiger partial charge in [-0.1, -0.05) is 6.07 Å². The summed E-state index contributed by atoms with van der Waals surface area (Å²) in [6.45, 7) is 3.75. The average Bonchev–Trinajstić information content (AvgIpc) is 2.58. The molecule has 4 nitrogen and oxygen atoms in total. The van der Waals surface area contributed by atoms with E-state index in [1.54, 1.807) is 14.0 Å². The molecule has 0 fully saturated rings. The molecule has 0 radical (unpaired) electrons. The third-order valence-electron chi connectivity index (χ3n) is 2.81. The highest BCUT2D eigenvalue weighted by atomic mass is 16.5. The van der Waals surface area contributed by atoms with Gasteiger partial charge in [0.25, 0.3) is 0 Å². The van der Waals surface area contributed by atoms with Crippen LogP contribution in [0.25, 0.3) is 10.9 Å². The molecule has 16 heavy (non-hydrogen) atoms. The zero-order valence-electron chi connectivity index (χ0n) is 9.42. The van der Waals surface area contributed by atoms with E-state index in [4.69, 9.17) is 9.84 Å². The Morgan fingerprint density at radius 3 is 2.62 bits per heavy atom. The molecule has 1 aromatic heterocycles. The van der Waals surface area contributed by atoms with Crippen LogP contribution in [0.5, 0.6) is 5.75 Å². The van der Waals surface area contributed by atoms with Crippen molar-refractivity contribution in [3.8, 4) is 5.75 Å². The van der Waals surface area contributed by atoms with E-state index in [9.17, 15) is 4.79 Å². The smallest absolute Gasteiger partial charge is 0.352 e. The number of ether oxygens (including phenoxy) is 1. The number of H-pyrrole nitrogens is 1. The van der Waals surface area contributed by atoms with E-state index in [1.807, 2.05) is 19.1 Å². The maximum Gasteiger partial charge on any atom is 0.352 e. The molecule has 0 aliphatic carbocycles. The van der Waals surface area contributed by atoms with E-state index in [-0.39, 0.29) is 5.69 Å². The van der Waals surface area contributed by atoms with Gasteiger partial charge in [-0.05, 0) is 31.0 Å². The molecular formula is C12H13NO3. The van der Waals surface area contributed by atoms with Gasteiger partial charge in [0, 0.05) is 5.39 Å². The van der Waals surface area contributed by atoms with Gasteiger partial charge < -0.3 is 14.8 Å². The summed E-state index contributed by atoms with van der Waals surface area (Å²) in [7, 11) is 1.57. The normalized spacial score (nSPS) is 10.7. The molecule has 2 rings (SSSR count). The van der Waals surface area contributed by atoms with Crippen LogP contribution in [0.1, 0.15) is 21.6 Å². The van der Waals surface area contributed by atoms with Crippen molar-refractivity contribution >= 4 is 16.9 Å². The topological polar surface area (TPSA) is 62.3 Å². The molecule has 0 unspecified atom stereocenters. The predicted molar refractivity (Wildman–Crippen MR) is 61.3 cm³/mol. The molecular weight excluding hydrogens is 206 g/mol. The van der Waals surface area contributed by atoms with Gasteiger partial charge in [-0.3, -0.25) is 0 Å². The molecule has 0 spiro atoms. The Labute approximate surface area is 92.9 Å². The van der Waals surface area contributed by atoms with Crippen LogP contribution in [-0.2, 0) is 0 Å². The lowest BCUT2D eigenvalue weighted by Crippen LogP contribution is -1.98. The van der Waals surface area contributed by atoms with Crippen molar-refractivity contribution < 1.29 is 14.6 Å². The Morgan fingerprint density at radius 2 is 2.06 bits per heavy atom. The monoisotopic (exact) mass is 219 g/mol. The quantitative estimate of drug-likeness (QED) is 0.815. The first-order valence-electron chi connectivity index (χ1n) is 4.95. The highest BCUT2D eigenvalue weighted by Crippen LogP contribution is 2.31. The number of aryl methyl sites for hydroxylation is 2. The van der Waals surface area contributed by atoms with Gasteiger partial charge in [0.2, 0.25) is 0 Å². The number of methoxy groups -OCH3 is 1. The largest absolute Gasteiger partial charge is 0.495 e. The van der Waals surface area contributed by atoms with Crippen LogP contribution >= 0.6 is 0 Å². The number of carboxylic acid groups (broad SMARTS) is 1. The van der Waals surface area contributed by atoms with E-state index in [1.165, 1.54) is 0 Å². The van der Waals surface area contributed by atoms with Crippen LogP contribution in [0.15, 0.2) is 12.1 Å². The van der Waals surface area contributed by atoms with E-state index >= 15 is 0 Å². The van der Waals surface area contributed by atoms with Crippen LogP contribution in [-0.4, -0.2) is 23.2 Å². The lowest BCUT2D eigenvalue weighted by molar-refractivity contribution is 0.0691. The first-order valence-corrected chi connectivity index (χ1v) is 4.95. The van der Waals surface area contributed by atoms with Crippen LogP contribution in [0.3, 0.4) is 0 Å². The van der Waals surface area contributed by atoms with E-state index < -0.39 is 5.97 Å². The van der Waals surface area contributed by atoms with Crippen molar-refractivity contribution in [2.75, 3.05) is 7.11 Å². The minimum atomic E-state index is -0.949. The van der Waals surface area contributed by atoms with Crippen molar-refractivity contribution in [3.05, 3.63) is 29.0 Å². The maximum absolute atomic E-state index is 11.0. The number of hydrogen-bond donors (Lipinski definition) is 2. The van der Waals surface area contributed by atoms with Crippen molar-refractivity contribution in [1.82, 2.24) is 4.98 Å². The zero-order valence-corrected chi connectivity index (χ0v) is 9.42. The average molecular weight is 219 g/mol. The van der Waals surface area contributed by atoms with Gasteiger partial charge in [-0.15, -0.1) is 0 Å². The molecule has 0 saturated heterocycles. The number of carbonyl (C=O) groups is 1. The highest BCUT2D eigenvalue weighted by Gasteiger charge is 2.17. The molecule has 0 atom stereocenters. The number of hydrogen-bond acceptors (Lipinski definition) is 2. The second kappa shape index (κ2) is 3.56. The summed E-state index contributed by atoms with van der Waals surface area (Å²) in [4.78, 5) is 13.9. The number of benzene rings is 1. The molecule has 4 heteroatoms. The van der Waals surface area contributed by atoms with Crippen molar-refractivity contribution in [2.45, 2.75) is 13.8 Å². The number of fused-ring (bicyclic) bond motifs is 1. The van der Waals surface area contributed by atoms with Gasteiger partial charge in [-0.2, -0.15) is 0 Å². The summed E-state index contributed by atoms with van der Waals surface area (Å²) in [5, 5.41) is 9.98. The molecule has 2 N–H and O–H groups in total. The second-order valence-corrected chi connectivity index (χ2v) is 3.76. The van der Waals surface area contributed by atoms with E-state index in [0.717, 1.165) is 22.0 Å². The Hall–Kier alpha value is -1.97. The Kier molecular flexibility index (Phi) is 2.34. The maximum atomic E-state index is 11.0. The third kappa shape index (κ3) is 1.34. The van der Waals surface area contributed by atoms with Crippen LogP contribution in [0.4, 0.5) is 0 Å².